The van der Waals surface area contributed by atoms with Crippen molar-refractivity contribution < 1.29 is 9.53 Å². The number of benzene rings is 1. The number of para-hydroxylation sites is 2. The van der Waals surface area contributed by atoms with Gasteiger partial charge in [0.05, 0.1) is 35.1 Å². The van der Waals surface area contributed by atoms with Crippen LogP contribution in [-0.2, 0) is 11.8 Å². The van der Waals surface area contributed by atoms with Gasteiger partial charge in [-0.3, -0.25) is 9.48 Å². The molecular formula is C18H22N6O2S2. The van der Waals surface area contributed by atoms with Crippen molar-refractivity contribution >= 4 is 45.5 Å². The molecule has 3 rings (SSSR count). The number of nitrogens with one attached hydrogen (secondary N) is 2. The predicted molar refractivity (Wildman–Crippen MR) is 113 cm³/mol. The average Bonchev–Trinajstić information content (AvgIpc) is 3.21. The minimum atomic E-state index is -0.101. The molecule has 28 heavy (non-hydrogen) atoms. The summed E-state index contributed by atoms with van der Waals surface area (Å²) in [6, 6.07) is 7.66. The molecule has 148 valence electrons. The highest BCUT2D eigenvalue weighted by Gasteiger charge is 2.14. The lowest BCUT2D eigenvalue weighted by molar-refractivity contribution is -0.113. The number of rotatable bonds is 8. The van der Waals surface area contributed by atoms with Crippen molar-refractivity contribution in [3.05, 3.63) is 35.7 Å². The van der Waals surface area contributed by atoms with Crippen LogP contribution in [0.15, 0.2) is 28.6 Å². The van der Waals surface area contributed by atoms with Crippen LogP contribution in [0.5, 0.6) is 5.75 Å². The lowest BCUT2D eigenvalue weighted by atomic mass is 10.3. The van der Waals surface area contributed by atoms with Crippen LogP contribution in [0.25, 0.3) is 0 Å². The summed E-state index contributed by atoms with van der Waals surface area (Å²) in [6.07, 6.45) is 0. The number of thioether (sulfide) groups is 1. The van der Waals surface area contributed by atoms with Crippen molar-refractivity contribution in [1.82, 2.24) is 20.0 Å². The van der Waals surface area contributed by atoms with Gasteiger partial charge in [-0.25, -0.2) is 0 Å². The molecule has 0 radical (unpaired) electrons. The normalized spacial score (nSPS) is 10.7. The number of anilines is 3. The molecule has 0 fully saturated rings. The molecule has 1 aromatic carbocycles. The molecule has 2 aromatic heterocycles. The maximum atomic E-state index is 12.3. The Hall–Kier alpha value is -2.59. The summed E-state index contributed by atoms with van der Waals surface area (Å²) < 4.78 is 8.07. The van der Waals surface area contributed by atoms with E-state index in [1.54, 1.807) is 4.68 Å². The Morgan fingerprint density at radius 1 is 1.29 bits per heavy atom. The molecule has 0 aliphatic rings. The third-order valence-corrected chi connectivity index (χ3v) is 5.91. The number of hydrogen-bond acceptors (Lipinski definition) is 8. The lowest BCUT2D eigenvalue weighted by Crippen LogP contribution is -2.15. The fraction of sp³-hybridized carbons (Fsp3) is 0.333. The van der Waals surface area contributed by atoms with Crippen molar-refractivity contribution in [3.8, 4) is 5.75 Å². The smallest absolute Gasteiger partial charge is 0.234 e. The van der Waals surface area contributed by atoms with E-state index in [0.29, 0.717) is 16.1 Å². The largest absolute Gasteiger partial charge is 0.492 e. The van der Waals surface area contributed by atoms with Crippen LogP contribution in [0.4, 0.5) is 16.5 Å². The number of carbonyl (C=O) groups is 1. The van der Waals surface area contributed by atoms with E-state index in [1.165, 1.54) is 23.1 Å². The first-order valence-corrected chi connectivity index (χ1v) is 10.5. The number of ether oxygens (including phenoxy) is 1. The monoisotopic (exact) mass is 418 g/mol. The van der Waals surface area contributed by atoms with Crippen molar-refractivity contribution in [2.45, 2.75) is 25.1 Å². The van der Waals surface area contributed by atoms with E-state index in [9.17, 15) is 4.79 Å². The quantitative estimate of drug-likeness (QED) is 0.538. The van der Waals surface area contributed by atoms with E-state index in [1.807, 2.05) is 52.1 Å². The third kappa shape index (κ3) is 4.82. The Balaban J connectivity index is 1.57. The second-order valence-electron chi connectivity index (χ2n) is 5.93. The summed E-state index contributed by atoms with van der Waals surface area (Å²) in [6.45, 7) is 6.32. The van der Waals surface area contributed by atoms with Gasteiger partial charge in [0.15, 0.2) is 4.34 Å². The van der Waals surface area contributed by atoms with Crippen LogP contribution in [0, 0.1) is 13.8 Å². The zero-order valence-corrected chi connectivity index (χ0v) is 17.8. The van der Waals surface area contributed by atoms with Crippen LogP contribution in [-0.4, -0.2) is 38.2 Å². The number of nitrogens with zero attached hydrogens (tertiary/aromatic N) is 4. The highest BCUT2D eigenvalue weighted by molar-refractivity contribution is 8.01. The standard InChI is InChI=1S/C18H22N6O2S2/c1-5-26-14-9-7-6-8-13(14)19-17-21-22-18(28-17)27-10-15(25)20-16-11(2)23-24(4)12(16)3/h6-9H,5,10H2,1-4H3,(H,19,21)(H,20,25). The topological polar surface area (TPSA) is 94.0 Å². The van der Waals surface area contributed by atoms with Gasteiger partial charge in [0, 0.05) is 7.05 Å². The fourth-order valence-electron chi connectivity index (χ4n) is 2.54. The van der Waals surface area contributed by atoms with Gasteiger partial charge in [-0.15, -0.1) is 10.2 Å². The number of hydrogen-bond donors (Lipinski definition) is 2. The molecule has 2 N–H and O–H groups in total. The zero-order chi connectivity index (χ0) is 20.1. The first-order valence-electron chi connectivity index (χ1n) is 8.73. The number of carbonyl (C=O) groups excluding carboxylic acids is 1. The van der Waals surface area contributed by atoms with E-state index in [-0.39, 0.29) is 11.7 Å². The van der Waals surface area contributed by atoms with Gasteiger partial charge in [0.2, 0.25) is 11.0 Å². The zero-order valence-electron chi connectivity index (χ0n) is 16.1. The van der Waals surface area contributed by atoms with E-state index >= 15 is 0 Å². The van der Waals surface area contributed by atoms with Gasteiger partial charge in [-0.05, 0) is 32.9 Å². The molecule has 8 nitrogen and oxygen atoms in total. The van der Waals surface area contributed by atoms with E-state index in [2.05, 4.69) is 25.9 Å². The Morgan fingerprint density at radius 2 is 2.07 bits per heavy atom. The van der Waals surface area contributed by atoms with E-state index in [0.717, 1.165) is 28.5 Å². The highest BCUT2D eigenvalue weighted by Crippen LogP contribution is 2.31. The van der Waals surface area contributed by atoms with Crippen LogP contribution in [0.2, 0.25) is 0 Å². The molecule has 0 aliphatic carbocycles. The molecule has 0 atom stereocenters. The second kappa shape index (κ2) is 9.07. The molecule has 3 aromatic rings. The third-order valence-electron chi connectivity index (χ3n) is 3.94. The van der Waals surface area contributed by atoms with Gasteiger partial charge in [0.25, 0.3) is 0 Å². The van der Waals surface area contributed by atoms with Crippen molar-refractivity contribution in [2.24, 2.45) is 7.05 Å². The SMILES string of the molecule is CCOc1ccccc1Nc1nnc(SCC(=O)Nc2c(C)nn(C)c2C)s1. The maximum Gasteiger partial charge on any atom is 0.234 e. The summed E-state index contributed by atoms with van der Waals surface area (Å²) >= 11 is 2.74. The Bertz CT molecular complexity index is 969. The predicted octanol–water partition coefficient (Wildman–Crippen LogP) is 3.76. The summed E-state index contributed by atoms with van der Waals surface area (Å²) in [7, 11) is 1.85. The molecule has 10 heteroatoms. The van der Waals surface area contributed by atoms with Gasteiger partial charge >= 0.3 is 0 Å². The van der Waals surface area contributed by atoms with Crippen LogP contribution in [0.3, 0.4) is 0 Å². The van der Waals surface area contributed by atoms with Crippen LogP contribution in [0.1, 0.15) is 18.3 Å². The Labute approximate surface area is 171 Å². The van der Waals surface area contributed by atoms with Crippen molar-refractivity contribution in [2.75, 3.05) is 23.0 Å². The summed E-state index contributed by atoms with van der Waals surface area (Å²) in [5, 5.41) is 19.4. The van der Waals surface area contributed by atoms with Crippen LogP contribution < -0.4 is 15.4 Å². The number of aryl methyl sites for hydroxylation is 2. The van der Waals surface area contributed by atoms with Crippen LogP contribution >= 0.6 is 23.1 Å². The highest BCUT2D eigenvalue weighted by atomic mass is 32.2. The molecule has 1 amide bonds. The van der Waals surface area contributed by atoms with Crippen molar-refractivity contribution in [1.29, 1.82) is 0 Å². The van der Waals surface area contributed by atoms with Crippen molar-refractivity contribution in [3.63, 3.8) is 0 Å². The Kier molecular flexibility index (Phi) is 6.53. The maximum absolute atomic E-state index is 12.3. The summed E-state index contributed by atoms with van der Waals surface area (Å²) in [5.74, 6) is 0.907. The van der Waals surface area contributed by atoms with Gasteiger partial charge < -0.3 is 15.4 Å². The molecule has 2 heterocycles. The molecule has 0 spiro atoms. The summed E-state index contributed by atoms with van der Waals surface area (Å²) in [5.41, 5.74) is 3.32. The second-order valence-corrected chi connectivity index (χ2v) is 8.13. The van der Waals surface area contributed by atoms with E-state index in [4.69, 9.17) is 4.74 Å². The van der Waals surface area contributed by atoms with E-state index < -0.39 is 0 Å². The first kappa shape index (κ1) is 20.2. The summed E-state index contributed by atoms with van der Waals surface area (Å²) in [4.78, 5) is 12.3. The first-order chi connectivity index (χ1) is 13.5. The fourth-order valence-corrected chi connectivity index (χ4v) is 4.11. The molecule has 0 unspecified atom stereocenters. The van der Waals surface area contributed by atoms with Gasteiger partial charge in [-0.1, -0.05) is 35.2 Å². The molecular weight excluding hydrogens is 396 g/mol. The molecule has 0 bridgehead atoms. The number of amides is 1. The van der Waals surface area contributed by atoms with Gasteiger partial charge in [0.1, 0.15) is 5.75 Å². The Morgan fingerprint density at radius 3 is 2.79 bits per heavy atom. The average molecular weight is 419 g/mol. The minimum Gasteiger partial charge on any atom is -0.492 e. The molecule has 0 aliphatic heterocycles. The minimum absolute atomic E-state index is 0.101. The number of aromatic nitrogens is 4. The lowest BCUT2D eigenvalue weighted by Gasteiger charge is -2.09. The molecule has 0 saturated carbocycles. The van der Waals surface area contributed by atoms with Gasteiger partial charge in [-0.2, -0.15) is 5.10 Å². The molecule has 0 saturated heterocycles.